The van der Waals surface area contributed by atoms with Gasteiger partial charge in [-0.15, -0.1) is 12.4 Å². The van der Waals surface area contributed by atoms with E-state index in [1.165, 1.54) is 0 Å². The molecule has 0 spiro atoms. The molecule has 0 saturated carbocycles. The molecule has 0 bridgehead atoms. The molecule has 0 radical (unpaired) electrons. The number of hydrogen-bond donors (Lipinski definition) is 5. The molecule has 6 N–H and O–H groups in total. The van der Waals surface area contributed by atoms with Crippen molar-refractivity contribution in [3.8, 4) is 0 Å². The molecule has 0 aliphatic rings. The van der Waals surface area contributed by atoms with E-state index >= 15 is 0 Å². The van der Waals surface area contributed by atoms with Crippen molar-refractivity contribution in [2.45, 2.75) is 24.4 Å². The maximum atomic E-state index is 10.0. The molecule has 0 amide bonds. The van der Waals surface area contributed by atoms with Gasteiger partial charge in [0.1, 0.15) is 24.6 Å². The van der Waals surface area contributed by atoms with Gasteiger partial charge < -0.3 is 40.1 Å². The molecule has 0 aliphatic heterocycles. The summed E-state index contributed by atoms with van der Waals surface area (Å²) in [7, 11) is -5.17. The van der Waals surface area contributed by atoms with Crippen molar-refractivity contribution in [1.29, 1.82) is 0 Å². The average molecular weight is 390 g/mol. The Bertz CT molecular complexity index is 312. The molecule has 0 aromatic carbocycles. The standard InChI is InChI=1S/C6H13NO5.ClH.2K.H2O4S/c7-3(1-8)5(11)6(12)4(10)2-9;;;;1-5(2,3)4/h1,3-6,9-12H,2,7H2;1H;;;(H2,1,2,3,4)/q;;2*+1;/p-2/t3-,4+,5+,6+;;;;/m0..../s1. The molecule has 0 unspecified atom stereocenters. The van der Waals surface area contributed by atoms with E-state index in [2.05, 4.69) is 0 Å². The largest absolute Gasteiger partial charge is 1.00 e. The first-order chi connectivity index (χ1) is 7.54. The van der Waals surface area contributed by atoms with Gasteiger partial charge in [-0.1, -0.05) is 0 Å². The summed E-state index contributed by atoms with van der Waals surface area (Å²) in [4.78, 5) is 10.0. The molecular weight excluding hydrogens is 376 g/mol. The zero-order chi connectivity index (χ0) is 14.2. The van der Waals surface area contributed by atoms with Crippen LogP contribution in [-0.2, 0) is 15.2 Å². The topological polar surface area (TPSA) is 204 Å². The Hall–Kier alpha value is 2.90. The number of aliphatic hydroxyl groups is 4. The number of carbonyl (C=O) groups is 1. The number of nitrogens with two attached hydrogens (primary N) is 1. The molecule has 0 heterocycles. The first-order valence-electron chi connectivity index (χ1n) is 4.07. The molecular formula is C6H14ClK2NO9S. The van der Waals surface area contributed by atoms with Gasteiger partial charge in [0.15, 0.2) is 0 Å². The minimum atomic E-state index is -5.17. The van der Waals surface area contributed by atoms with E-state index in [0.29, 0.717) is 0 Å². The van der Waals surface area contributed by atoms with Crippen LogP contribution in [0, 0.1) is 0 Å². The summed E-state index contributed by atoms with van der Waals surface area (Å²) in [6, 6.07) is -1.26. The molecule has 0 saturated heterocycles. The van der Waals surface area contributed by atoms with E-state index < -0.39 is 41.4 Å². The second-order valence-electron chi connectivity index (χ2n) is 2.85. The molecule has 20 heavy (non-hydrogen) atoms. The molecule has 0 aromatic heterocycles. The fourth-order valence-corrected chi connectivity index (χ4v) is 0.644. The van der Waals surface area contributed by atoms with Gasteiger partial charge in [0.05, 0.1) is 12.6 Å². The Morgan fingerprint density at radius 1 is 1.10 bits per heavy atom. The van der Waals surface area contributed by atoms with Crippen LogP contribution < -0.4 is 109 Å². The summed E-state index contributed by atoms with van der Waals surface area (Å²) >= 11 is 0. The smallest absolute Gasteiger partial charge is 0.759 e. The van der Waals surface area contributed by atoms with Gasteiger partial charge in [-0.25, -0.2) is 0 Å². The normalized spacial score (nSPS) is 15.6. The molecule has 14 heteroatoms. The van der Waals surface area contributed by atoms with Crippen molar-refractivity contribution in [2.75, 3.05) is 6.61 Å². The molecule has 112 valence electrons. The van der Waals surface area contributed by atoms with Gasteiger partial charge in [0.25, 0.3) is 0 Å². The molecule has 0 rings (SSSR count). The summed E-state index contributed by atoms with van der Waals surface area (Å²) in [6.07, 6.45) is -4.43. The van der Waals surface area contributed by atoms with Gasteiger partial charge in [-0.3, -0.25) is 8.42 Å². The number of aldehydes is 1. The van der Waals surface area contributed by atoms with Crippen LogP contribution in [0.4, 0.5) is 0 Å². The Morgan fingerprint density at radius 3 is 1.60 bits per heavy atom. The number of rotatable bonds is 5. The summed E-state index contributed by atoms with van der Waals surface area (Å²) in [5, 5.41) is 35.2. The fraction of sp³-hybridized carbons (Fsp3) is 0.833. The van der Waals surface area contributed by atoms with E-state index in [0.717, 1.165) is 0 Å². The Kier molecular flexibility index (Phi) is 31.3. The number of hydrogen-bond acceptors (Lipinski definition) is 10. The van der Waals surface area contributed by atoms with Gasteiger partial charge in [0, 0.05) is 10.4 Å². The number of halogens is 1. The van der Waals surface area contributed by atoms with E-state index in [9.17, 15) is 4.79 Å². The summed E-state index contributed by atoms with van der Waals surface area (Å²) < 4.78 is 34.1. The monoisotopic (exact) mass is 389 g/mol. The predicted octanol–water partition coefficient (Wildman–Crippen LogP) is -10.3. The number of carbonyl (C=O) groups excluding carboxylic acids is 1. The van der Waals surface area contributed by atoms with Gasteiger partial charge in [-0.2, -0.15) is 0 Å². The van der Waals surface area contributed by atoms with Gasteiger partial charge in [-0.05, 0) is 0 Å². The number of aliphatic hydroxyl groups excluding tert-OH is 4. The third-order valence-electron chi connectivity index (χ3n) is 1.48. The molecule has 0 fully saturated rings. The van der Waals surface area contributed by atoms with Crippen LogP contribution in [0.15, 0.2) is 0 Å². The molecule has 0 aromatic rings. The second-order valence-corrected chi connectivity index (χ2v) is 3.67. The first kappa shape index (κ1) is 34.3. The van der Waals surface area contributed by atoms with Crippen LogP contribution in [0.2, 0.25) is 0 Å². The van der Waals surface area contributed by atoms with Crippen molar-refractivity contribution in [2.24, 2.45) is 5.73 Å². The van der Waals surface area contributed by atoms with Crippen molar-refractivity contribution in [3.63, 3.8) is 0 Å². The minimum Gasteiger partial charge on any atom is -0.759 e. The van der Waals surface area contributed by atoms with Crippen LogP contribution >= 0.6 is 12.4 Å². The van der Waals surface area contributed by atoms with Gasteiger partial charge >= 0.3 is 103 Å². The third kappa shape index (κ3) is 23.2. The van der Waals surface area contributed by atoms with Crippen molar-refractivity contribution >= 4 is 29.1 Å². The van der Waals surface area contributed by atoms with Gasteiger partial charge in [0.2, 0.25) is 0 Å². The van der Waals surface area contributed by atoms with E-state index in [1.807, 2.05) is 0 Å². The zero-order valence-electron chi connectivity index (χ0n) is 10.8. The third-order valence-corrected chi connectivity index (χ3v) is 1.48. The summed E-state index contributed by atoms with van der Waals surface area (Å²) in [5.74, 6) is 0. The first-order valence-corrected chi connectivity index (χ1v) is 5.40. The van der Waals surface area contributed by atoms with E-state index in [1.54, 1.807) is 0 Å². The SMILES string of the molecule is Cl.N[C@@H](C=O)[C@@H](O)[C@H](O)[C@H](O)CO.O=S(=O)([O-])[O-].[K+].[K+]. The van der Waals surface area contributed by atoms with Crippen LogP contribution in [0.25, 0.3) is 0 Å². The van der Waals surface area contributed by atoms with Crippen LogP contribution in [0.1, 0.15) is 0 Å². The van der Waals surface area contributed by atoms with Crippen LogP contribution in [0.3, 0.4) is 0 Å². The molecule has 10 nitrogen and oxygen atoms in total. The summed E-state index contributed by atoms with van der Waals surface area (Å²) in [5.41, 5.74) is 5.04. The zero-order valence-corrected chi connectivity index (χ0v) is 18.7. The predicted molar refractivity (Wildman–Crippen MR) is 56.9 cm³/mol. The molecule has 0 aliphatic carbocycles. The van der Waals surface area contributed by atoms with E-state index in [-0.39, 0.29) is 121 Å². The Morgan fingerprint density at radius 2 is 1.40 bits per heavy atom. The minimum absolute atomic E-state index is 0. The van der Waals surface area contributed by atoms with E-state index in [4.69, 9.17) is 43.7 Å². The quantitative estimate of drug-likeness (QED) is 0.130. The average Bonchev–Trinajstić information content (AvgIpc) is 2.22. The summed E-state index contributed by atoms with van der Waals surface area (Å²) in [6.45, 7) is -0.705. The van der Waals surface area contributed by atoms with Crippen molar-refractivity contribution in [3.05, 3.63) is 0 Å². The van der Waals surface area contributed by atoms with Crippen molar-refractivity contribution < 1.29 is 146 Å². The second kappa shape index (κ2) is 18.2. The van der Waals surface area contributed by atoms with Crippen molar-refractivity contribution in [1.82, 2.24) is 0 Å². The van der Waals surface area contributed by atoms with Crippen LogP contribution in [-0.4, -0.2) is 75.2 Å². The maximum absolute atomic E-state index is 10.0. The van der Waals surface area contributed by atoms with Crippen LogP contribution in [0.5, 0.6) is 0 Å². The molecule has 4 atom stereocenters. The Balaban J connectivity index is -0.0000000821. The fourth-order valence-electron chi connectivity index (χ4n) is 0.644. The Labute approximate surface area is 207 Å². The maximum Gasteiger partial charge on any atom is 1.00 e.